The number of esters is 1. The fourth-order valence-electron chi connectivity index (χ4n) is 1.79. The van der Waals surface area contributed by atoms with Gasteiger partial charge in [0.25, 0.3) is 5.69 Å². The molecule has 1 aromatic rings. The Morgan fingerprint density at radius 2 is 2.10 bits per heavy atom. The highest BCUT2D eigenvalue weighted by Gasteiger charge is 2.29. The van der Waals surface area contributed by atoms with E-state index in [0.717, 1.165) is 0 Å². The Bertz CT molecular complexity index is 540. The van der Waals surface area contributed by atoms with Crippen LogP contribution >= 0.6 is 11.6 Å². The molecule has 0 aliphatic heterocycles. The van der Waals surface area contributed by atoms with Crippen LogP contribution in [-0.2, 0) is 9.53 Å². The van der Waals surface area contributed by atoms with E-state index in [0.29, 0.717) is 5.02 Å². The molecule has 1 aromatic carbocycles. The second-order valence-electron chi connectivity index (χ2n) is 5.76. The molecule has 0 aliphatic carbocycles. The van der Waals surface area contributed by atoms with E-state index < -0.39 is 4.92 Å². The molecule has 0 fully saturated rings. The monoisotopic (exact) mass is 314 g/mol. The van der Waals surface area contributed by atoms with Crippen molar-refractivity contribution in [2.45, 2.75) is 33.2 Å². The van der Waals surface area contributed by atoms with Gasteiger partial charge in [-0.2, -0.15) is 0 Å². The molecule has 1 atom stereocenters. The molecule has 1 rings (SSSR count). The average Bonchev–Trinajstić information content (AvgIpc) is 2.36. The van der Waals surface area contributed by atoms with Gasteiger partial charge in [0.2, 0.25) is 0 Å². The first-order valence-electron chi connectivity index (χ1n) is 6.42. The Kier molecular flexibility index (Phi) is 5.54. The Labute approximate surface area is 128 Å². The predicted octanol–water partition coefficient (Wildman–Crippen LogP) is 3.64. The third-order valence-corrected chi connectivity index (χ3v) is 3.36. The summed E-state index contributed by atoms with van der Waals surface area (Å²) < 4.78 is 4.68. The number of anilines is 1. The molecule has 1 unspecified atom stereocenters. The number of halogens is 1. The van der Waals surface area contributed by atoms with Crippen LogP contribution in [0.15, 0.2) is 18.2 Å². The van der Waals surface area contributed by atoms with Crippen molar-refractivity contribution in [1.29, 1.82) is 0 Å². The molecule has 1 N–H and O–H groups in total. The van der Waals surface area contributed by atoms with E-state index in [-0.39, 0.29) is 35.2 Å². The summed E-state index contributed by atoms with van der Waals surface area (Å²) in [5.74, 6) is -0.382. The number of carbonyl (C=O) groups excluding carboxylic acids is 1. The minimum absolute atomic E-state index is 0.0847. The van der Waals surface area contributed by atoms with Crippen LogP contribution in [-0.4, -0.2) is 24.0 Å². The van der Waals surface area contributed by atoms with Crippen molar-refractivity contribution < 1.29 is 14.5 Å². The first kappa shape index (κ1) is 17.2. The predicted molar refractivity (Wildman–Crippen MR) is 81.6 cm³/mol. The number of nitro groups is 1. The Balaban J connectivity index is 3.11. The molecule has 0 radical (unpaired) electrons. The minimum Gasteiger partial charge on any atom is -0.469 e. The van der Waals surface area contributed by atoms with Gasteiger partial charge in [-0.1, -0.05) is 32.4 Å². The summed E-state index contributed by atoms with van der Waals surface area (Å²) >= 11 is 5.90. The lowest BCUT2D eigenvalue weighted by Gasteiger charge is -2.31. The van der Waals surface area contributed by atoms with Crippen LogP contribution in [0.2, 0.25) is 5.02 Å². The SMILES string of the molecule is COC(=O)CC(Nc1cc(Cl)ccc1[N+](=O)[O-])C(C)(C)C. The fourth-order valence-corrected chi connectivity index (χ4v) is 1.97. The van der Waals surface area contributed by atoms with Gasteiger partial charge in [0.1, 0.15) is 5.69 Å². The third-order valence-electron chi connectivity index (χ3n) is 3.13. The number of carbonyl (C=O) groups is 1. The first-order chi connectivity index (χ1) is 9.65. The quantitative estimate of drug-likeness (QED) is 0.510. The zero-order valence-corrected chi connectivity index (χ0v) is 13.2. The summed E-state index contributed by atoms with van der Waals surface area (Å²) in [7, 11) is 1.31. The maximum atomic E-state index is 11.5. The van der Waals surface area contributed by atoms with Gasteiger partial charge in [0, 0.05) is 17.1 Å². The summed E-state index contributed by atoms with van der Waals surface area (Å²) in [6.45, 7) is 5.80. The first-order valence-corrected chi connectivity index (χ1v) is 6.80. The Morgan fingerprint density at radius 1 is 1.48 bits per heavy atom. The molecule has 0 amide bonds. The number of hydrogen-bond donors (Lipinski definition) is 1. The highest BCUT2D eigenvalue weighted by atomic mass is 35.5. The Morgan fingerprint density at radius 3 is 2.57 bits per heavy atom. The third kappa shape index (κ3) is 4.90. The lowest BCUT2D eigenvalue weighted by Crippen LogP contribution is -2.36. The summed E-state index contributed by atoms with van der Waals surface area (Å²) in [6.07, 6.45) is 0.101. The van der Waals surface area contributed by atoms with Crippen LogP contribution in [0.3, 0.4) is 0 Å². The molecule has 0 aliphatic rings. The van der Waals surface area contributed by atoms with Gasteiger partial charge in [0.15, 0.2) is 0 Å². The molecular weight excluding hydrogens is 296 g/mol. The second kappa shape index (κ2) is 6.76. The molecular formula is C14H19ClN2O4. The standard InChI is InChI=1S/C14H19ClN2O4/c1-14(2,3)12(8-13(18)21-4)16-10-7-9(15)5-6-11(10)17(19)20/h5-7,12,16H,8H2,1-4H3. The van der Waals surface area contributed by atoms with Crippen LogP contribution in [0.25, 0.3) is 0 Å². The molecule has 6 nitrogen and oxygen atoms in total. The van der Waals surface area contributed by atoms with Gasteiger partial charge < -0.3 is 10.1 Å². The molecule has 0 heterocycles. The minimum atomic E-state index is -0.490. The number of rotatable bonds is 5. The van der Waals surface area contributed by atoms with Crippen LogP contribution in [0.5, 0.6) is 0 Å². The van der Waals surface area contributed by atoms with E-state index in [2.05, 4.69) is 10.1 Å². The fraction of sp³-hybridized carbons (Fsp3) is 0.500. The van der Waals surface area contributed by atoms with E-state index >= 15 is 0 Å². The number of ether oxygens (including phenoxy) is 1. The van der Waals surface area contributed by atoms with Gasteiger partial charge in [-0.3, -0.25) is 14.9 Å². The lowest BCUT2D eigenvalue weighted by molar-refractivity contribution is -0.384. The van der Waals surface area contributed by atoms with Crippen LogP contribution in [0.1, 0.15) is 27.2 Å². The van der Waals surface area contributed by atoms with Crippen molar-refractivity contribution in [3.8, 4) is 0 Å². The van der Waals surface area contributed by atoms with E-state index in [9.17, 15) is 14.9 Å². The van der Waals surface area contributed by atoms with Gasteiger partial charge >= 0.3 is 5.97 Å². The summed E-state index contributed by atoms with van der Waals surface area (Å²) in [4.78, 5) is 22.1. The van der Waals surface area contributed by atoms with Gasteiger partial charge in [-0.25, -0.2) is 0 Å². The topological polar surface area (TPSA) is 81.5 Å². The van der Waals surface area contributed by atoms with E-state index in [1.54, 1.807) is 0 Å². The summed E-state index contributed by atoms with van der Waals surface area (Å²) in [5, 5.41) is 14.5. The normalized spacial score (nSPS) is 12.6. The molecule has 0 aromatic heterocycles. The van der Waals surface area contributed by atoms with Gasteiger partial charge in [-0.05, 0) is 17.5 Å². The zero-order chi connectivity index (χ0) is 16.2. The van der Waals surface area contributed by atoms with Crippen LogP contribution in [0, 0.1) is 15.5 Å². The smallest absolute Gasteiger partial charge is 0.307 e. The zero-order valence-electron chi connectivity index (χ0n) is 12.5. The van der Waals surface area contributed by atoms with Crippen LogP contribution in [0.4, 0.5) is 11.4 Å². The van der Waals surface area contributed by atoms with E-state index in [1.165, 1.54) is 25.3 Å². The number of nitro benzene ring substituents is 1. The van der Waals surface area contributed by atoms with Gasteiger partial charge in [0.05, 0.1) is 18.5 Å². The van der Waals surface area contributed by atoms with Gasteiger partial charge in [-0.15, -0.1) is 0 Å². The summed E-state index contributed by atoms with van der Waals surface area (Å²) in [5.41, 5.74) is -0.0977. The van der Waals surface area contributed by atoms with Crippen LogP contribution < -0.4 is 5.32 Å². The average molecular weight is 315 g/mol. The van der Waals surface area contributed by atoms with Crippen molar-refractivity contribution in [1.82, 2.24) is 0 Å². The van der Waals surface area contributed by atoms with Crippen molar-refractivity contribution >= 4 is 28.9 Å². The number of nitrogens with zero attached hydrogens (tertiary/aromatic N) is 1. The largest absolute Gasteiger partial charge is 0.469 e. The highest BCUT2D eigenvalue weighted by molar-refractivity contribution is 6.31. The molecule has 0 saturated heterocycles. The molecule has 7 heteroatoms. The molecule has 0 spiro atoms. The van der Waals surface area contributed by atoms with Crippen molar-refractivity contribution in [2.24, 2.45) is 5.41 Å². The number of nitrogens with one attached hydrogen (secondary N) is 1. The second-order valence-corrected chi connectivity index (χ2v) is 6.20. The maximum absolute atomic E-state index is 11.5. The molecule has 0 saturated carbocycles. The molecule has 116 valence electrons. The van der Waals surface area contributed by atoms with Crippen molar-refractivity contribution in [3.63, 3.8) is 0 Å². The number of hydrogen-bond acceptors (Lipinski definition) is 5. The Hall–Kier alpha value is -1.82. The van der Waals surface area contributed by atoms with Crippen molar-refractivity contribution in [3.05, 3.63) is 33.3 Å². The number of methoxy groups -OCH3 is 1. The molecule has 0 bridgehead atoms. The van der Waals surface area contributed by atoms with E-state index in [4.69, 9.17) is 11.6 Å². The lowest BCUT2D eigenvalue weighted by atomic mass is 9.84. The molecule has 21 heavy (non-hydrogen) atoms. The number of benzene rings is 1. The van der Waals surface area contributed by atoms with E-state index in [1.807, 2.05) is 20.8 Å². The van der Waals surface area contributed by atoms with Crippen molar-refractivity contribution in [2.75, 3.05) is 12.4 Å². The highest BCUT2D eigenvalue weighted by Crippen LogP contribution is 2.32. The maximum Gasteiger partial charge on any atom is 0.307 e. The summed E-state index contributed by atoms with van der Waals surface area (Å²) in [6, 6.07) is 3.94.